The number of rotatable bonds is 7. The maximum absolute atomic E-state index is 11.9. The first-order valence-electron chi connectivity index (χ1n) is 14.2. The zero-order valence-electron chi connectivity index (χ0n) is 21.8. The highest BCUT2D eigenvalue weighted by atomic mass is 16.1. The molecular formula is C29H52N2O. The Morgan fingerprint density at radius 3 is 2.38 bits per heavy atom. The van der Waals surface area contributed by atoms with E-state index in [0.29, 0.717) is 16.9 Å². The quantitative estimate of drug-likeness (QED) is 0.468. The molecule has 4 saturated carbocycles. The van der Waals surface area contributed by atoms with Gasteiger partial charge in [-0.15, -0.1) is 0 Å². The van der Waals surface area contributed by atoms with Crippen LogP contribution < -0.4 is 11.1 Å². The van der Waals surface area contributed by atoms with Gasteiger partial charge in [0.25, 0.3) is 0 Å². The first-order valence-corrected chi connectivity index (χ1v) is 14.2. The zero-order valence-corrected chi connectivity index (χ0v) is 21.8. The van der Waals surface area contributed by atoms with Crippen LogP contribution in [-0.4, -0.2) is 18.5 Å². The lowest BCUT2D eigenvalue weighted by Gasteiger charge is -2.61. The zero-order chi connectivity index (χ0) is 23.1. The molecule has 184 valence electrons. The third-order valence-electron chi connectivity index (χ3n) is 11.4. The number of nitrogens with one attached hydrogen (secondary N) is 1. The monoisotopic (exact) mass is 444 g/mol. The SMILES string of the molecule is CC(C)CCC[C@@H](C)[C@H]1CCC2C3CCC4C[C@@H](NC(=O)CN)CC[C@]4(C)C3CC[C@@]21C. The van der Waals surface area contributed by atoms with E-state index in [1.165, 1.54) is 70.6 Å². The number of hydrogen-bond acceptors (Lipinski definition) is 2. The summed E-state index contributed by atoms with van der Waals surface area (Å²) in [6.45, 7) is 12.8. The van der Waals surface area contributed by atoms with Gasteiger partial charge in [0.1, 0.15) is 0 Å². The molecule has 0 spiro atoms. The van der Waals surface area contributed by atoms with E-state index < -0.39 is 0 Å². The minimum Gasteiger partial charge on any atom is -0.352 e. The second kappa shape index (κ2) is 9.59. The molecule has 1 amide bonds. The van der Waals surface area contributed by atoms with E-state index >= 15 is 0 Å². The number of hydrogen-bond donors (Lipinski definition) is 2. The van der Waals surface area contributed by atoms with Crippen molar-refractivity contribution in [2.24, 2.45) is 58.0 Å². The molecule has 0 aromatic heterocycles. The van der Waals surface area contributed by atoms with Crippen LogP contribution in [0.1, 0.15) is 112 Å². The van der Waals surface area contributed by atoms with E-state index in [1.54, 1.807) is 0 Å². The Hall–Kier alpha value is -0.570. The largest absolute Gasteiger partial charge is 0.352 e. The summed E-state index contributed by atoms with van der Waals surface area (Å²) in [6.07, 6.45) is 16.6. The molecule has 4 aliphatic carbocycles. The maximum atomic E-state index is 11.9. The van der Waals surface area contributed by atoms with Gasteiger partial charge in [0, 0.05) is 6.04 Å². The van der Waals surface area contributed by atoms with E-state index in [9.17, 15) is 4.79 Å². The van der Waals surface area contributed by atoms with Gasteiger partial charge >= 0.3 is 0 Å². The van der Waals surface area contributed by atoms with Gasteiger partial charge in [-0.1, -0.05) is 53.9 Å². The van der Waals surface area contributed by atoms with Gasteiger partial charge in [0.15, 0.2) is 0 Å². The number of fused-ring (bicyclic) bond motifs is 5. The molecule has 0 aliphatic heterocycles. The number of carbonyl (C=O) groups excluding carboxylic acids is 1. The lowest BCUT2D eigenvalue weighted by molar-refractivity contribution is -0.127. The minimum atomic E-state index is 0.0280. The van der Waals surface area contributed by atoms with Crippen molar-refractivity contribution in [2.45, 2.75) is 118 Å². The second-order valence-corrected chi connectivity index (χ2v) is 13.4. The van der Waals surface area contributed by atoms with Crippen LogP contribution in [0.15, 0.2) is 0 Å². The van der Waals surface area contributed by atoms with E-state index in [0.717, 1.165) is 47.8 Å². The van der Waals surface area contributed by atoms with Crippen molar-refractivity contribution in [2.75, 3.05) is 6.54 Å². The van der Waals surface area contributed by atoms with Gasteiger partial charge in [0.05, 0.1) is 6.54 Å². The summed E-state index contributed by atoms with van der Waals surface area (Å²) in [7, 11) is 0. The van der Waals surface area contributed by atoms with Gasteiger partial charge in [-0.2, -0.15) is 0 Å². The van der Waals surface area contributed by atoms with Crippen LogP contribution in [0.4, 0.5) is 0 Å². The highest BCUT2D eigenvalue weighted by Gasteiger charge is 2.60. The highest BCUT2D eigenvalue weighted by Crippen LogP contribution is 2.68. The molecular weight excluding hydrogens is 392 g/mol. The molecule has 9 atom stereocenters. The summed E-state index contributed by atoms with van der Waals surface area (Å²) < 4.78 is 0. The molecule has 3 nitrogen and oxygen atoms in total. The van der Waals surface area contributed by atoms with E-state index in [1.807, 2.05) is 0 Å². The van der Waals surface area contributed by atoms with Crippen LogP contribution in [-0.2, 0) is 4.79 Å². The smallest absolute Gasteiger partial charge is 0.233 e. The van der Waals surface area contributed by atoms with Gasteiger partial charge in [0.2, 0.25) is 5.91 Å². The number of carbonyl (C=O) groups is 1. The molecule has 0 aromatic rings. The first-order chi connectivity index (χ1) is 15.2. The van der Waals surface area contributed by atoms with Crippen LogP contribution in [0.2, 0.25) is 0 Å². The fourth-order valence-corrected chi connectivity index (χ4v) is 9.70. The third kappa shape index (κ3) is 4.41. The van der Waals surface area contributed by atoms with Crippen LogP contribution in [0.25, 0.3) is 0 Å². The average Bonchev–Trinajstić information content (AvgIpc) is 3.11. The molecule has 32 heavy (non-hydrogen) atoms. The summed E-state index contributed by atoms with van der Waals surface area (Å²) in [6, 6.07) is 0.358. The Morgan fingerprint density at radius 1 is 0.938 bits per heavy atom. The first kappa shape index (κ1) is 24.6. The Labute approximate surface area is 198 Å². The van der Waals surface area contributed by atoms with Crippen molar-refractivity contribution in [3.63, 3.8) is 0 Å². The lowest BCUT2D eigenvalue weighted by atomic mass is 9.44. The van der Waals surface area contributed by atoms with Crippen molar-refractivity contribution in [1.29, 1.82) is 0 Å². The maximum Gasteiger partial charge on any atom is 0.233 e. The molecule has 3 heteroatoms. The molecule has 0 saturated heterocycles. The van der Waals surface area contributed by atoms with Crippen molar-refractivity contribution in [1.82, 2.24) is 5.32 Å². The fraction of sp³-hybridized carbons (Fsp3) is 0.966. The van der Waals surface area contributed by atoms with Crippen molar-refractivity contribution in [3.8, 4) is 0 Å². The molecule has 0 aromatic carbocycles. The minimum absolute atomic E-state index is 0.0280. The molecule has 0 bridgehead atoms. The Morgan fingerprint density at radius 2 is 1.66 bits per heavy atom. The molecule has 4 fully saturated rings. The summed E-state index contributed by atoms with van der Waals surface area (Å²) in [5, 5.41) is 3.21. The van der Waals surface area contributed by atoms with Gasteiger partial charge in [-0.05, 0) is 110 Å². The molecule has 0 heterocycles. The molecule has 4 rings (SSSR count). The second-order valence-electron chi connectivity index (χ2n) is 13.4. The van der Waals surface area contributed by atoms with Crippen molar-refractivity contribution >= 4 is 5.91 Å². The Bertz CT molecular complexity index is 662. The van der Waals surface area contributed by atoms with E-state index in [-0.39, 0.29) is 12.5 Å². The molecule has 3 N–H and O–H groups in total. The van der Waals surface area contributed by atoms with Crippen LogP contribution in [0.5, 0.6) is 0 Å². The molecule has 0 radical (unpaired) electrons. The molecule has 4 unspecified atom stereocenters. The third-order valence-corrected chi connectivity index (χ3v) is 11.4. The summed E-state index contributed by atoms with van der Waals surface area (Å²) in [4.78, 5) is 11.9. The predicted molar refractivity (Wildman–Crippen MR) is 134 cm³/mol. The average molecular weight is 445 g/mol. The normalized spacial score (nSPS) is 44.5. The number of amides is 1. The van der Waals surface area contributed by atoms with Crippen molar-refractivity contribution < 1.29 is 4.79 Å². The summed E-state index contributed by atoms with van der Waals surface area (Å²) in [5.74, 6) is 6.35. The highest BCUT2D eigenvalue weighted by molar-refractivity contribution is 5.78. The van der Waals surface area contributed by atoms with Gasteiger partial charge in [-0.3, -0.25) is 4.79 Å². The lowest BCUT2D eigenvalue weighted by Crippen LogP contribution is -2.55. The fourth-order valence-electron chi connectivity index (χ4n) is 9.70. The predicted octanol–water partition coefficient (Wildman–Crippen LogP) is 6.55. The molecule has 4 aliphatic rings. The van der Waals surface area contributed by atoms with Gasteiger partial charge in [-0.25, -0.2) is 0 Å². The van der Waals surface area contributed by atoms with Crippen molar-refractivity contribution in [3.05, 3.63) is 0 Å². The summed E-state index contributed by atoms with van der Waals surface area (Å²) >= 11 is 0. The van der Waals surface area contributed by atoms with Gasteiger partial charge < -0.3 is 11.1 Å². The standard InChI is InChI=1S/C29H52N2O/c1-19(2)7-6-8-20(3)24-11-12-25-23-10-9-21-17-22(31-27(32)18-30)13-15-28(21,4)26(23)14-16-29(24,25)5/h19-26H,6-18,30H2,1-5H3,(H,31,32)/t20-,21?,22+,23?,24-,25?,26?,28+,29-/m1/s1. The van der Waals surface area contributed by atoms with Crippen LogP contribution >= 0.6 is 0 Å². The number of nitrogens with two attached hydrogens (primary N) is 1. The van der Waals surface area contributed by atoms with Crippen LogP contribution in [0, 0.1) is 52.3 Å². The Balaban J connectivity index is 1.42. The topological polar surface area (TPSA) is 55.1 Å². The van der Waals surface area contributed by atoms with Crippen LogP contribution in [0.3, 0.4) is 0 Å². The van der Waals surface area contributed by atoms with E-state index in [2.05, 4.69) is 39.9 Å². The summed E-state index contributed by atoms with van der Waals surface area (Å²) in [5.41, 5.74) is 6.64. The van der Waals surface area contributed by atoms with E-state index in [4.69, 9.17) is 5.73 Å². The Kier molecular flexibility index (Phi) is 7.36.